The van der Waals surface area contributed by atoms with E-state index in [4.69, 9.17) is 37.4 Å². The van der Waals surface area contributed by atoms with Crippen molar-refractivity contribution < 1.29 is 35.9 Å². The molecular formula is C76H56N12O4+4. The molecule has 92 heavy (non-hydrogen) atoms. The summed E-state index contributed by atoms with van der Waals surface area (Å²) >= 11 is 0. The molecule has 0 spiro atoms. The Morgan fingerprint density at radius 3 is 1.53 bits per heavy atom. The van der Waals surface area contributed by atoms with Gasteiger partial charge in [0.05, 0.1) is 40.6 Å². The van der Waals surface area contributed by atoms with E-state index in [0.717, 1.165) is 127 Å². The molecule has 0 amide bonds. The van der Waals surface area contributed by atoms with Gasteiger partial charge in [0.15, 0.2) is 24.8 Å². The lowest BCUT2D eigenvalue weighted by Crippen LogP contribution is -2.30. The minimum Gasteiger partial charge on any atom is -0.449 e. The SMILES string of the molecule is Cc1cc2c(cc1-c1cccc[n+]1C)oc1nccc(C#N)c12.[C-]#[N+]c1c(-c2cccc[n+]2C)c(C)cc2c1oc1ncccc12.[C-]#[N+]c1ccc2c(n1)oc1cc(C)c(-c3cccc[n+]3C)cc12.[C-]#[N+]c1cnc2oc3cc(C)c(-c4cccc[n+]4C)cc3c2c1. The van der Waals surface area contributed by atoms with E-state index in [0.29, 0.717) is 51.2 Å². The number of hydrogen-bond acceptors (Lipinski definition) is 9. The van der Waals surface area contributed by atoms with E-state index in [-0.39, 0.29) is 0 Å². The molecule has 0 unspecified atom stereocenters. The predicted molar refractivity (Wildman–Crippen MR) is 355 cm³/mol. The molecule has 0 N–H and O–H groups in total. The van der Waals surface area contributed by atoms with Crippen molar-refractivity contribution in [3.8, 4) is 51.1 Å². The third kappa shape index (κ3) is 10.6. The standard InChI is InChI=1S/4C19H14N3O/c1-12-11-14-13-7-6-9-21-19(13)23-18(14)17(20-2)16(12)15-8-4-5-10-22(15)3;1-12-10-17-15(11-14(12)16-6-4-5-9-22(16)3)13-7-8-18(20-2)21-19(13)23-17;1-12-8-18-15(10-14(12)17-6-4-5-7-22(17)3)16-9-13(20-2)11-21-19(16)23-18;1-12-9-15-17(10-14(12)16-5-3-4-8-22(16)2)23-19-18(15)13(11-20)6-7-21-19/h3*4-11H,1,3H3;3-10H,1-2H3/q4*+1. The van der Waals surface area contributed by atoms with Crippen LogP contribution in [0.25, 0.3) is 148 Å². The molecule has 16 nitrogen and oxygen atoms in total. The van der Waals surface area contributed by atoms with E-state index in [2.05, 4.69) is 117 Å². The van der Waals surface area contributed by atoms with Crippen LogP contribution < -0.4 is 18.3 Å². The number of rotatable bonds is 4. The minimum absolute atomic E-state index is 0.350. The largest absolute Gasteiger partial charge is 0.449 e. The summed E-state index contributed by atoms with van der Waals surface area (Å²) < 4.78 is 31.7. The highest BCUT2D eigenvalue weighted by atomic mass is 16.4. The zero-order valence-corrected chi connectivity index (χ0v) is 51.5. The number of fused-ring (bicyclic) bond motifs is 12. The first kappa shape index (κ1) is 58.3. The van der Waals surface area contributed by atoms with Crippen LogP contribution in [-0.4, -0.2) is 19.9 Å². The molecule has 440 valence electrons. The van der Waals surface area contributed by atoms with Gasteiger partial charge in [-0.15, -0.1) is 0 Å². The van der Waals surface area contributed by atoms with Crippen LogP contribution in [0.1, 0.15) is 27.8 Å². The Labute approximate surface area is 528 Å². The number of benzene rings is 4. The molecule has 0 fully saturated rings. The second-order valence-corrected chi connectivity index (χ2v) is 22.4. The van der Waals surface area contributed by atoms with Crippen molar-refractivity contribution in [2.75, 3.05) is 0 Å². The van der Waals surface area contributed by atoms with Crippen LogP contribution in [-0.2, 0) is 28.2 Å². The van der Waals surface area contributed by atoms with Gasteiger partial charge in [-0.25, -0.2) is 42.9 Å². The van der Waals surface area contributed by atoms with Gasteiger partial charge in [-0.05, 0) is 147 Å². The highest BCUT2D eigenvalue weighted by molar-refractivity contribution is 6.12. The molecular weight excluding hydrogens is 1140 g/mol. The molecule has 0 atom stereocenters. The summed E-state index contributed by atoms with van der Waals surface area (Å²) in [4.78, 5) is 27.6. The van der Waals surface area contributed by atoms with E-state index in [9.17, 15) is 5.26 Å². The third-order valence-corrected chi connectivity index (χ3v) is 16.5. The zero-order chi connectivity index (χ0) is 63.9. The van der Waals surface area contributed by atoms with Gasteiger partial charge in [0.2, 0.25) is 51.3 Å². The van der Waals surface area contributed by atoms with Crippen LogP contribution in [0.5, 0.6) is 0 Å². The van der Waals surface area contributed by atoms with Gasteiger partial charge >= 0.3 is 5.71 Å². The summed E-state index contributed by atoms with van der Waals surface area (Å²) in [6.07, 6.45) is 12.9. The van der Waals surface area contributed by atoms with Crippen molar-refractivity contribution in [2.45, 2.75) is 27.7 Å². The summed E-state index contributed by atoms with van der Waals surface area (Å²) in [5, 5.41) is 16.8. The van der Waals surface area contributed by atoms with Gasteiger partial charge in [-0.2, -0.15) is 5.26 Å². The topological polar surface area (TPSA) is 157 Å². The third-order valence-electron chi connectivity index (χ3n) is 16.5. The van der Waals surface area contributed by atoms with E-state index in [1.807, 2.05) is 162 Å². The molecule has 0 aliphatic rings. The van der Waals surface area contributed by atoms with Crippen LogP contribution >= 0.6 is 0 Å². The van der Waals surface area contributed by atoms with Gasteiger partial charge in [0.1, 0.15) is 56.6 Å². The molecule has 0 aliphatic heterocycles. The second kappa shape index (κ2) is 24.1. The van der Waals surface area contributed by atoms with E-state index >= 15 is 0 Å². The predicted octanol–water partition coefficient (Wildman–Crippen LogP) is 16.6. The Hall–Kier alpha value is -12.8. The summed E-state index contributed by atoms with van der Waals surface area (Å²) in [5.41, 5.74) is 20.0. The lowest BCUT2D eigenvalue weighted by atomic mass is 9.99. The van der Waals surface area contributed by atoms with Crippen molar-refractivity contribution in [1.29, 1.82) is 5.26 Å². The fourth-order valence-corrected chi connectivity index (χ4v) is 12.0. The normalized spacial score (nSPS) is 11.0. The summed E-state index contributed by atoms with van der Waals surface area (Å²) in [5.74, 6) is 0.350. The first-order valence-electron chi connectivity index (χ1n) is 29.4. The Morgan fingerprint density at radius 1 is 0.424 bits per heavy atom. The maximum atomic E-state index is 9.33. The van der Waals surface area contributed by atoms with Crippen molar-refractivity contribution in [3.05, 3.63) is 257 Å². The molecule has 0 aliphatic carbocycles. The fraction of sp³-hybridized carbons (Fsp3) is 0.105. The molecule has 16 aromatic rings. The van der Waals surface area contributed by atoms with Crippen molar-refractivity contribution >= 4 is 105 Å². The van der Waals surface area contributed by atoms with Gasteiger partial charge in [-0.3, -0.25) is 0 Å². The molecule has 0 saturated heterocycles. The second-order valence-electron chi connectivity index (χ2n) is 22.4. The molecule has 12 heterocycles. The van der Waals surface area contributed by atoms with Gasteiger partial charge < -0.3 is 22.5 Å². The Bertz CT molecular complexity index is 5840. The maximum Gasteiger partial charge on any atom is 0.322 e. The van der Waals surface area contributed by atoms with Crippen molar-refractivity contribution in [3.63, 3.8) is 0 Å². The lowest BCUT2D eigenvalue weighted by molar-refractivity contribution is -0.660. The van der Waals surface area contributed by atoms with Crippen LogP contribution in [0.2, 0.25) is 0 Å². The number of hydrogen-bond donors (Lipinski definition) is 0. The highest BCUT2D eigenvalue weighted by Crippen LogP contribution is 2.43. The number of nitriles is 1. The molecule has 0 bridgehead atoms. The number of pyridine rings is 8. The van der Waals surface area contributed by atoms with Crippen LogP contribution in [0.4, 0.5) is 17.2 Å². The summed E-state index contributed by atoms with van der Waals surface area (Å²) in [7, 11) is 8.07. The molecule has 16 heteroatoms. The van der Waals surface area contributed by atoms with Gasteiger partial charge in [0, 0.05) is 111 Å². The first-order chi connectivity index (χ1) is 44.7. The Balaban J connectivity index is 0.000000112. The van der Waals surface area contributed by atoms with Crippen LogP contribution in [0.15, 0.2) is 213 Å². The monoisotopic (exact) mass is 1200 g/mol. The van der Waals surface area contributed by atoms with Gasteiger partial charge in [-0.1, -0.05) is 17.6 Å². The maximum absolute atomic E-state index is 9.33. The van der Waals surface area contributed by atoms with Gasteiger partial charge in [0.25, 0.3) is 5.82 Å². The smallest absolute Gasteiger partial charge is 0.322 e. The minimum atomic E-state index is 0.350. The molecule has 12 aromatic heterocycles. The highest BCUT2D eigenvalue weighted by Gasteiger charge is 2.25. The van der Waals surface area contributed by atoms with E-state index < -0.39 is 0 Å². The number of nitrogens with zero attached hydrogens (tertiary/aromatic N) is 12. The molecule has 0 radical (unpaired) electrons. The number of aryl methyl sites for hydroxylation is 8. The van der Waals surface area contributed by atoms with Crippen LogP contribution in [0, 0.1) is 58.7 Å². The Morgan fingerprint density at radius 2 is 0.946 bits per heavy atom. The lowest BCUT2D eigenvalue weighted by Gasteiger charge is -2.07. The summed E-state index contributed by atoms with van der Waals surface area (Å²) in [6, 6.07) is 52.2. The quantitative estimate of drug-likeness (QED) is 0.124. The number of aromatic nitrogens is 8. The van der Waals surface area contributed by atoms with Crippen LogP contribution in [0.3, 0.4) is 0 Å². The van der Waals surface area contributed by atoms with E-state index in [1.165, 1.54) is 0 Å². The molecule has 16 rings (SSSR count). The molecule has 4 aromatic carbocycles. The first-order valence-corrected chi connectivity index (χ1v) is 29.4. The average molecular weight is 1200 g/mol. The van der Waals surface area contributed by atoms with Crippen molar-refractivity contribution in [2.24, 2.45) is 28.2 Å². The number of furan rings is 4. The van der Waals surface area contributed by atoms with E-state index in [1.54, 1.807) is 30.7 Å². The molecule has 0 saturated carbocycles. The summed E-state index contributed by atoms with van der Waals surface area (Å²) in [6.45, 7) is 30.2. The zero-order valence-electron chi connectivity index (χ0n) is 51.5. The fourth-order valence-electron chi connectivity index (χ4n) is 12.0. The van der Waals surface area contributed by atoms with Crippen molar-refractivity contribution in [1.82, 2.24) is 19.9 Å². The average Bonchev–Trinajstić information content (AvgIpc) is 1.62. The Kier molecular flexibility index (Phi) is 15.2.